The van der Waals surface area contributed by atoms with Crippen LogP contribution in [0.1, 0.15) is 51.9 Å². The molecule has 0 saturated heterocycles. The molecule has 0 aromatic rings. The lowest BCUT2D eigenvalue weighted by Crippen LogP contribution is -2.52. The predicted octanol–water partition coefficient (Wildman–Crippen LogP) is 2.65. The molecule has 4 rings (SSSR count). The first-order valence-corrected chi connectivity index (χ1v) is 8.46. The standard InChI is InChI=1S/C17H30N2O/c1-12(3-4-18)16(20)19(2)11-17-8-13-5-14(9-17)7-15(6-13)10-17/h12-15H,3-11,18H2,1-2H3. The second kappa shape index (κ2) is 5.32. The molecule has 0 aromatic carbocycles. The Balaban J connectivity index is 1.63. The van der Waals surface area contributed by atoms with E-state index in [-0.39, 0.29) is 5.92 Å². The van der Waals surface area contributed by atoms with Crippen molar-refractivity contribution in [2.45, 2.75) is 51.9 Å². The molecule has 20 heavy (non-hydrogen) atoms. The van der Waals surface area contributed by atoms with Crippen molar-refractivity contribution in [1.82, 2.24) is 4.90 Å². The zero-order chi connectivity index (χ0) is 14.3. The van der Waals surface area contributed by atoms with Gasteiger partial charge in [0.15, 0.2) is 0 Å². The fourth-order valence-electron chi connectivity index (χ4n) is 5.81. The summed E-state index contributed by atoms with van der Waals surface area (Å²) in [7, 11) is 2.01. The van der Waals surface area contributed by atoms with Crippen LogP contribution in [0.5, 0.6) is 0 Å². The summed E-state index contributed by atoms with van der Waals surface area (Å²) in [5, 5.41) is 0. The number of carbonyl (C=O) groups is 1. The van der Waals surface area contributed by atoms with Gasteiger partial charge in [-0.05, 0) is 74.7 Å². The molecule has 4 aliphatic carbocycles. The smallest absolute Gasteiger partial charge is 0.225 e. The highest BCUT2D eigenvalue weighted by molar-refractivity contribution is 5.78. The Hall–Kier alpha value is -0.570. The molecule has 4 bridgehead atoms. The van der Waals surface area contributed by atoms with Gasteiger partial charge in [0.1, 0.15) is 0 Å². The normalized spacial score (nSPS) is 39.9. The molecule has 3 nitrogen and oxygen atoms in total. The fraction of sp³-hybridized carbons (Fsp3) is 0.941. The Kier molecular flexibility index (Phi) is 3.83. The van der Waals surface area contributed by atoms with E-state index >= 15 is 0 Å². The largest absolute Gasteiger partial charge is 0.345 e. The summed E-state index contributed by atoms with van der Waals surface area (Å²) in [6.07, 6.45) is 9.36. The number of nitrogens with two attached hydrogens (primary N) is 1. The van der Waals surface area contributed by atoms with Crippen molar-refractivity contribution in [2.75, 3.05) is 20.1 Å². The monoisotopic (exact) mass is 278 g/mol. The van der Waals surface area contributed by atoms with Crippen LogP contribution < -0.4 is 5.73 Å². The van der Waals surface area contributed by atoms with Crippen molar-refractivity contribution in [2.24, 2.45) is 34.8 Å². The zero-order valence-corrected chi connectivity index (χ0v) is 13.1. The van der Waals surface area contributed by atoms with Crippen LogP contribution in [0.25, 0.3) is 0 Å². The summed E-state index contributed by atoms with van der Waals surface area (Å²) >= 11 is 0. The van der Waals surface area contributed by atoms with Crippen LogP contribution in [0.2, 0.25) is 0 Å². The van der Waals surface area contributed by atoms with Gasteiger partial charge in [0.05, 0.1) is 0 Å². The summed E-state index contributed by atoms with van der Waals surface area (Å²) in [5.74, 6) is 3.27. The maximum atomic E-state index is 12.4. The Morgan fingerprint density at radius 2 is 1.70 bits per heavy atom. The molecular weight excluding hydrogens is 248 g/mol. The van der Waals surface area contributed by atoms with E-state index in [0.717, 1.165) is 30.7 Å². The highest BCUT2D eigenvalue weighted by Gasteiger charge is 2.51. The minimum Gasteiger partial charge on any atom is -0.345 e. The van der Waals surface area contributed by atoms with Gasteiger partial charge in [-0.15, -0.1) is 0 Å². The predicted molar refractivity (Wildman–Crippen MR) is 81.1 cm³/mol. The van der Waals surface area contributed by atoms with Crippen molar-refractivity contribution < 1.29 is 4.79 Å². The molecule has 4 fully saturated rings. The Bertz CT molecular complexity index is 344. The maximum Gasteiger partial charge on any atom is 0.225 e. The lowest BCUT2D eigenvalue weighted by atomic mass is 9.49. The van der Waals surface area contributed by atoms with E-state index in [2.05, 4.69) is 0 Å². The summed E-state index contributed by atoms with van der Waals surface area (Å²) < 4.78 is 0. The van der Waals surface area contributed by atoms with Crippen LogP contribution in [-0.2, 0) is 4.79 Å². The maximum absolute atomic E-state index is 12.4. The van der Waals surface area contributed by atoms with Gasteiger partial charge in [-0.3, -0.25) is 4.79 Å². The molecule has 1 atom stereocenters. The number of carbonyl (C=O) groups excluding carboxylic acids is 1. The third-order valence-electron chi connectivity index (χ3n) is 6.14. The fourth-order valence-corrected chi connectivity index (χ4v) is 5.81. The highest BCUT2D eigenvalue weighted by Crippen LogP contribution is 2.60. The molecule has 1 amide bonds. The van der Waals surface area contributed by atoms with Gasteiger partial charge >= 0.3 is 0 Å². The minimum atomic E-state index is 0.0823. The molecule has 4 aliphatic rings. The zero-order valence-electron chi connectivity index (χ0n) is 13.1. The number of hydrogen-bond acceptors (Lipinski definition) is 2. The van der Waals surface area contributed by atoms with Crippen molar-refractivity contribution in [3.63, 3.8) is 0 Å². The topological polar surface area (TPSA) is 46.3 Å². The van der Waals surface area contributed by atoms with E-state index in [1.54, 1.807) is 0 Å². The van der Waals surface area contributed by atoms with Crippen molar-refractivity contribution >= 4 is 5.91 Å². The van der Waals surface area contributed by atoms with Gasteiger partial charge in [-0.2, -0.15) is 0 Å². The first kappa shape index (κ1) is 14.4. The highest BCUT2D eigenvalue weighted by atomic mass is 16.2. The molecule has 2 N–H and O–H groups in total. The Morgan fingerprint density at radius 3 is 2.15 bits per heavy atom. The van der Waals surface area contributed by atoms with E-state index in [9.17, 15) is 4.79 Å². The first-order chi connectivity index (χ1) is 9.51. The average molecular weight is 278 g/mol. The number of rotatable bonds is 5. The first-order valence-electron chi connectivity index (χ1n) is 8.46. The van der Waals surface area contributed by atoms with Crippen LogP contribution in [-0.4, -0.2) is 30.9 Å². The third kappa shape index (κ3) is 2.61. The molecule has 114 valence electrons. The van der Waals surface area contributed by atoms with Gasteiger partial charge in [0.2, 0.25) is 5.91 Å². The van der Waals surface area contributed by atoms with Crippen LogP contribution in [0.15, 0.2) is 0 Å². The van der Waals surface area contributed by atoms with Gasteiger partial charge in [-0.25, -0.2) is 0 Å². The van der Waals surface area contributed by atoms with E-state index < -0.39 is 0 Å². The van der Waals surface area contributed by atoms with Crippen LogP contribution >= 0.6 is 0 Å². The van der Waals surface area contributed by atoms with Crippen molar-refractivity contribution in [3.05, 3.63) is 0 Å². The molecule has 0 aromatic heterocycles. The van der Waals surface area contributed by atoms with Crippen LogP contribution in [0.3, 0.4) is 0 Å². The molecule has 0 heterocycles. The average Bonchev–Trinajstić information content (AvgIpc) is 2.35. The lowest BCUT2D eigenvalue weighted by molar-refractivity contribution is -0.139. The van der Waals surface area contributed by atoms with Crippen molar-refractivity contribution in [3.8, 4) is 0 Å². The molecule has 4 saturated carbocycles. The van der Waals surface area contributed by atoms with Gasteiger partial charge in [0.25, 0.3) is 0 Å². The van der Waals surface area contributed by atoms with Gasteiger partial charge < -0.3 is 10.6 Å². The SMILES string of the molecule is CC(CCN)C(=O)N(C)CC12CC3CC(CC(C3)C1)C2. The number of amides is 1. The van der Waals surface area contributed by atoms with E-state index in [4.69, 9.17) is 5.73 Å². The summed E-state index contributed by atoms with van der Waals surface area (Å²) in [6, 6.07) is 0. The minimum absolute atomic E-state index is 0.0823. The molecule has 0 spiro atoms. The molecule has 1 unspecified atom stereocenters. The third-order valence-corrected chi connectivity index (χ3v) is 6.14. The molecule has 0 radical (unpaired) electrons. The van der Waals surface area contributed by atoms with Gasteiger partial charge in [0, 0.05) is 19.5 Å². The summed E-state index contributed by atoms with van der Waals surface area (Å²) in [5.41, 5.74) is 6.04. The van der Waals surface area contributed by atoms with E-state index in [1.165, 1.54) is 38.5 Å². The Morgan fingerprint density at radius 1 is 1.20 bits per heavy atom. The quantitative estimate of drug-likeness (QED) is 0.840. The number of hydrogen-bond donors (Lipinski definition) is 1. The summed E-state index contributed by atoms with van der Waals surface area (Å²) in [6.45, 7) is 3.62. The van der Waals surface area contributed by atoms with E-state index in [0.29, 0.717) is 17.9 Å². The van der Waals surface area contributed by atoms with Crippen LogP contribution in [0, 0.1) is 29.1 Å². The number of nitrogens with zero attached hydrogens (tertiary/aromatic N) is 1. The van der Waals surface area contributed by atoms with Crippen molar-refractivity contribution in [1.29, 1.82) is 0 Å². The van der Waals surface area contributed by atoms with Gasteiger partial charge in [-0.1, -0.05) is 6.92 Å². The molecule has 3 heteroatoms. The second-order valence-electron chi connectivity index (χ2n) is 8.09. The Labute approximate surface area is 123 Å². The molecule has 0 aliphatic heterocycles. The summed E-state index contributed by atoms with van der Waals surface area (Å²) in [4.78, 5) is 14.4. The van der Waals surface area contributed by atoms with E-state index in [1.807, 2.05) is 18.9 Å². The lowest BCUT2D eigenvalue weighted by Gasteiger charge is -2.57. The molecular formula is C17H30N2O. The second-order valence-corrected chi connectivity index (χ2v) is 8.09. The van der Waals surface area contributed by atoms with Crippen LogP contribution in [0.4, 0.5) is 0 Å².